The number of rotatable bonds is 6. The quantitative estimate of drug-likeness (QED) is 0.253. The first-order valence-corrected chi connectivity index (χ1v) is 10.3. The molecule has 1 fully saturated rings. The van der Waals surface area contributed by atoms with Crippen LogP contribution < -0.4 is 15.5 Å². The Labute approximate surface area is 197 Å². The summed E-state index contributed by atoms with van der Waals surface area (Å²) in [5.41, 5.74) is 1.97. The van der Waals surface area contributed by atoms with Crippen LogP contribution in [0, 0.1) is 11.6 Å². The van der Waals surface area contributed by atoms with Gasteiger partial charge in [-0.15, -0.1) is 24.0 Å². The van der Waals surface area contributed by atoms with E-state index in [9.17, 15) is 8.78 Å². The maximum absolute atomic E-state index is 14.0. The smallest absolute Gasteiger partial charge is 0.191 e. The van der Waals surface area contributed by atoms with E-state index in [4.69, 9.17) is 0 Å². The van der Waals surface area contributed by atoms with Gasteiger partial charge in [0.1, 0.15) is 5.82 Å². The van der Waals surface area contributed by atoms with Gasteiger partial charge in [0.15, 0.2) is 17.6 Å². The van der Waals surface area contributed by atoms with E-state index in [0.717, 1.165) is 41.9 Å². The second-order valence-electron chi connectivity index (χ2n) is 7.40. The Balaban J connectivity index is 0.00000272. The van der Waals surface area contributed by atoms with E-state index in [2.05, 4.69) is 25.6 Å². The second-order valence-corrected chi connectivity index (χ2v) is 7.40. The van der Waals surface area contributed by atoms with Crippen LogP contribution in [0.4, 0.5) is 14.6 Å². The lowest BCUT2D eigenvalue weighted by Gasteiger charge is -2.19. The summed E-state index contributed by atoms with van der Waals surface area (Å²) >= 11 is 0. The largest absolute Gasteiger partial charge is 0.361 e. The van der Waals surface area contributed by atoms with Crippen molar-refractivity contribution in [3.8, 4) is 0 Å². The van der Waals surface area contributed by atoms with Crippen LogP contribution in [-0.4, -0.2) is 48.1 Å². The summed E-state index contributed by atoms with van der Waals surface area (Å²) in [6, 6.07) is 7.95. The van der Waals surface area contributed by atoms with Crippen LogP contribution >= 0.6 is 24.0 Å². The molecule has 1 atom stereocenters. The first kappa shape index (κ1) is 23.2. The number of benzene rings is 1. The number of aromatic nitrogens is 2. The fraction of sp³-hybridized carbons (Fsp3) is 0.364. The summed E-state index contributed by atoms with van der Waals surface area (Å²) in [7, 11) is 0. The lowest BCUT2D eigenvalue weighted by atomic mass is 10.1. The van der Waals surface area contributed by atoms with Crippen molar-refractivity contribution in [1.82, 2.24) is 20.6 Å². The van der Waals surface area contributed by atoms with Crippen LogP contribution in [0.2, 0.25) is 0 Å². The van der Waals surface area contributed by atoms with E-state index in [1.807, 2.05) is 18.0 Å². The molecule has 0 aliphatic carbocycles. The highest BCUT2D eigenvalue weighted by Crippen LogP contribution is 2.21. The zero-order valence-corrected chi connectivity index (χ0v) is 19.7. The summed E-state index contributed by atoms with van der Waals surface area (Å²) in [6.07, 6.45) is 5.11. The Bertz CT molecular complexity index is 1040. The van der Waals surface area contributed by atoms with Crippen LogP contribution in [0.5, 0.6) is 0 Å². The lowest BCUT2D eigenvalue weighted by molar-refractivity contribution is 0.612. The Hall–Kier alpha value is -2.43. The molecule has 2 aromatic heterocycles. The van der Waals surface area contributed by atoms with Crippen molar-refractivity contribution in [1.29, 1.82) is 0 Å². The summed E-state index contributed by atoms with van der Waals surface area (Å²) in [6.45, 7) is 4.75. The molecule has 4 rings (SSSR count). The summed E-state index contributed by atoms with van der Waals surface area (Å²) < 4.78 is 27.6. The maximum atomic E-state index is 14.0. The molecule has 1 aromatic carbocycles. The zero-order chi connectivity index (χ0) is 20.9. The van der Waals surface area contributed by atoms with Gasteiger partial charge in [-0.1, -0.05) is 0 Å². The number of hydrogen-bond acceptors (Lipinski definition) is 3. The fourth-order valence-electron chi connectivity index (χ4n) is 3.84. The molecule has 3 heterocycles. The molecule has 0 spiro atoms. The molecular formula is C22H27F2IN6. The molecule has 9 heteroatoms. The van der Waals surface area contributed by atoms with Gasteiger partial charge >= 0.3 is 0 Å². The van der Waals surface area contributed by atoms with Crippen LogP contribution in [0.3, 0.4) is 0 Å². The number of aromatic amines is 1. The lowest BCUT2D eigenvalue weighted by Crippen LogP contribution is -2.44. The van der Waals surface area contributed by atoms with E-state index >= 15 is 0 Å². The minimum Gasteiger partial charge on any atom is -0.361 e. The number of pyridine rings is 1. The van der Waals surface area contributed by atoms with Crippen molar-refractivity contribution in [3.63, 3.8) is 0 Å². The van der Waals surface area contributed by atoms with E-state index < -0.39 is 0 Å². The molecule has 0 amide bonds. The predicted octanol–water partition coefficient (Wildman–Crippen LogP) is 3.84. The number of hydrogen-bond donors (Lipinski definition) is 3. The normalized spacial score (nSPS) is 16.4. The van der Waals surface area contributed by atoms with Crippen molar-refractivity contribution >= 4 is 46.7 Å². The number of halogens is 3. The molecule has 166 valence electrons. The van der Waals surface area contributed by atoms with Gasteiger partial charge in [0, 0.05) is 55.5 Å². The maximum Gasteiger partial charge on any atom is 0.191 e. The average molecular weight is 540 g/mol. The van der Waals surface area contributed by atoms with Gasteiger partial charge in [0.25, 0.3) is 0 Å². The molecule has 1 saturated heterocycles. The fourth-order valence-corrected chi connectivity index (χ4v) is 3.84. The second kappa shape index (κ2) is 10.7. The number of nitrogens with zero attached hydrogens (tertiary/aromatic N) is 3. The molecule has 3 N–H and O–H groups in total. The molecule has 1 unspecified atom stereocenters. The van der Waals surface area contributed by atoms with E-state index in [-0.39, 0.29) is 41.7 Å². The molecule has 31 heavy (non-hydrogen) atoms. The average Bonchev–Trinajstić information content (AvgIpc) is 3.35. The zero-order valence-electron chi connectivity index (χ0n) is 17.4. The Morgan fingerprint density at radius 2 is 2.19 bits per heavy atom. The number of H-pyrrole nitrogens is 1. The van der Waals surface area contributed by atoms with Gasteiger partial charge in [-0.05, 0) is 55.7 Å². The van der Waals surface area contributed by atoms with Crippen molar-refractivity contribution in [2.75, 3.05) is 31.1 Å². The molecule has 0 saturated carbocycles. The van der Waals surface area contributed by atoms with Gasteiger partial charge in [0.05, 0.1) is 0 Å². The highest BCUT2D eigenvalue weighted by atomic mass is 127. The summed E-state index contributed by atoms with van der Waals surface area (Å²) in [4.78, 5) is 14.0. The highest BCUT2D eigenvalue weighted by Gasteiger charge is 2.25. The van der Waals surface area contributed by atoms with E-state index in [1.165, 1.54) is 12.1 Å². The van der Waals surface area contributed by atoms with E-state index in [1.54, 1.807) is 24.4 Å². The first-order valence-electron chi connectivity index (χ1n) is 10.3. The van der Waals surface area contributed by atoms with Crippen molar-refractivity contribution < 1.29 is 8.78 Å². The standard InChI is InChI=1S/C22H26F2N6.HI/c1-2-25-22(27-10-7-15-13-28-20-6-5-16(23)12-18(15)20)29-17-8-11-30(14-17)21-19(24)4-3-9-26-21;/h3-6,9,12-13,17,28H,2,7-8,10-11,14H2,1H3,(H2,25,27,29);1H. The van der Waals surface area contributed by atoms with Gasteiger partial charge in [0.2, 0.25) is 0 Å². The third-order valence-corrected chi connectivity index (χ3v) is 5.29. The van der Waals surface area contributed by atoms with Gasteiger partial charge in [-0.25, -0.2) is 13.8 Å². The minimum absolute atomic E-state index is 0. The molecule has 0 bridgehead atoms. The SMILES string of the molecule is CCNC(=NCCc1c[nH]c2ccc(F)cc12)NC1CCN(c2ncccc2F)C1.I. The molecule has 1 aliphatic rings. The third-order valence-electron chi connectivity index (χ3n) is 5.29. The van der Waals surface area contributed by atoms with Gasteiger partial charge in [-0.2, -0.15) is 0 Å². The van der Waals surface area contributed by atoms with Crippen molar-refractivity contribution in [3.05, 3.63) is 59.9 Å². The monoisotopic (exact) mass is 540 g/mol. The van der Waals surface area contributed by atoms with Crippen LogP contribution in [0.25, 0.3) is 10.9 Å². The van der Waals surface area contributed by atoms with Gasteiger partial charge in [-0.3, -0.25) is 4.99 Å². The molecule has 3 aromatic rings. The number of anilines is 1. The molecule has 1 aliphatic heterocycles. The van der Waals surface area contributed by atoms with E-state index in [0.29, 0.717) is 25.3 Å². The molecule has 0 radical (unpaired) electrons. The number of fused-ring (bicyclic) bond motifs is 1. The minimum atomic E-state index is -0.297. The molecular weight excluding hydrogens is 513 g/mol. The first-order chi connectivity index (χ1) is 14.6. The summed E-state index contributed by atoms with van der Waals surface area (Å²) in [5, 5.41) is 7.60. The Kier molecular flexibility index (Phi) is 8.05. The van der Waals surface area contributed by atoms with Crippen LogP contribution in [-0.2, 0) is 6.42 Å². The predicted molar refractivity (Wildman–Crippen MR) is 131 cm³/mol. The Morgan fingerprint density at radius 1 is 1.32 bits per heavy atom. The highest BCUT2D eigenvalue weighted by molar-refractivity contribution is 14.0. The molecule has 6 nitrogen and oxygen atoms in total. The number of guanidine groups is 1. The Morgan fingerprint density at radius 3 is 3.00 bits per heavy atom. The topological polar surface area (TPSA) is 68.3 Å². The van der Waals surface area contributed by atoms with Crippen LogP contribution in [0.15, 0.2) is 47.7 Å². The van der Waals surface area contributed by atoms with Crippen LogP contribution in [0.1, 0.15) is 18.9 Å². The van der Waals surface area contributed by atoms with Crippen molar-refractivity contribution in [2.24, 2.45) is 4.99 Å². The third kappa shape index (κ3) is 5.63. The number of nitrogens with one attached hydrogen (secondary N) is 3. The number of aliphatic imine (C=N–C) groups is 1. The summed E-state index contributed by atoms with van der Waals surface area (Å²) in [5.74, 6) is 0.595. The van der Waals surface area contributed by atoms with Crippen molar-refractivity contribution in [2.45, 2.75) is 25.8 Å². The van der Waals surface area contributed by atoms with Gasteiger partial charge < -0.3 is 20.5 Å².